The molecule has 1 aliphatic heterocycles. The molecule has 0 unspecified atom stereocenters. The third-order valence-corrected chi connectivity index (χ3v) is 6.30. The second kappa shape index (κ2) is 8.43. The summed E-state index contributed by atoms with van der Waals surface area (Å²) in [5, 5.41) is 17.8. The van der Waals surface area contributed by atoms with Gasteiger partial charge in [-0.05, 0) is 24.6 Å². The Morgan fingerprint density at radius 2 is 2.18 bits per heavy atom. The molecule has 0 bridgehead atoms. The molecule has 11 heteroatoms. The number of H-pyrrole nitrogens is 1. The van der Waals surface area contributed by atoms with Gasteiger partial charge in [-0.3, -0.25) is 14.3 Å². The van der Waals surface area contributed by atoms with E-state index in [9.17, 15) is 9.59 Å². The van der Waals surface area contributed by atoms with Gasteiger partial charge in [0, 0.05) is 36.7 Å². The van der Waals surface area contributed by atoms with Crippen LogP contribution in [-0.2, 0) is 11.8 Å². The Hall–Kier alpha value is -3.97. The second-order valence-electron chi connectivity index (χ2n) is 8.29. The van der Waals surface area contributed by atoms with E-state index < -0.39 is 11.9 Å². The number of nitrogens with one attached hydrogen (secondary N) is 2. The molecule has 3 aromatic heterocycles. The van der Waals surface area contributed by atoms with Gasteiger partial charge in [-0.25, -0.2) is 9.97 Å². The molecule has 0 spiro atoms. The number of aromatic nitrogens is 5. The predicted octanol–water partition coefficient (Wildman–Crippen LogP) is 2.66. The van der Waals surface area contributed by atoms with Gasteiger partial charge in [0.1, 0.15) is 22.9 Å². The predicted molar refractivity (Wildman–Crippen MR) is 126 cm³/mol. The molecule has 5 rings (SSSR count). The summed E-state index contributed by atoms with van der Waals surface area (Å²) in [4.78, 5) is 39.5. The number of rotatable bonds is 5. The molecule has 0 aliphatic carbocycles. The Kier molecular flexibility index (Phi) is 5.42. The molecular formula is C23H21ClN8O2. The van der Waals surface area contributed by atoms with Crippen molar-refractivity contribution in [2.24, 2.45) is 13.0 Å². The molecule has 1 atom stereocenters. The zero-order chi connectivity index (χ0) is 24.0. The fourth-order valence-corrected chi connectivity index (χ4v) is 4.30. The number of likely N-dealkylation sites (tertiary alicyclic amines) is 1. The van der Waals surface area contributed by atoms with E-state index in [0.29, 0.717) is 47.1 Å². The van der Waals surface area contributed by atoms with Gasteiger partial charge in [-0.15, -0.1) is 0 Å². The van der Waals surface area contributed by atoms with Gasteiger partial charge in [-0.2, -0.15) is 10.4 Å². The summed E-state index contributed by atoms with van der Waals surface area (Å²) in [7, 11) is 1.82. The number of hydrogen-bond donors (Lipinski definition) is 2. The number of carbonyl (C=O) groups is 2. The van der Waals surface area contributed by atoms with E-state index >= 15 is 0 Å². The van der Waals surface area contributed by atoms with E-state index in [0.717, 1.165) is 10.9 Å². The largest absolute Gasteiger partial charge is 0.344 e. The van der Waals surface area contributed by atoms with Crippen LogP contribution in [0.2, 0.25) is 5.02 Å². The number of nitriles is 1. The number of fused-ring (bicyclic) bond motifs is 2. The van der Waals surface area contributed by atoms with E-state index in [-0.39, 0.29) is 17.4 Å². The van der Waals surface area contributed by atoms with Crippen LogP contribution in [0.3, 0.4) is 0 Å². The van der Waals surface area contributed by atoms with Crippen LogP contribution >= 0.6 is 11.6 Å². The lowest BCUT2D eigenvalue weighted by Crippen LogP contribution is -2.56. The fraction of sp³-hybridized carbons (Fsp3) is 0.304. The minimum atomic E-state index is -0.683. The van der Waals surface area contributed by atoms with Crippen LogP contribution in [0.5, 0.6) is 0 Å². The van der Waals surface area contributed by atoms with Gasteiger partial charge in [0.2, 0.25) is 5.91 Å². The number of aryl methyl sites for hydroxylation is 1. The number of aromatic amines is 1. The third-order valence-electron chi connectivity index (χ3n) is 6.07. The average molecular weight is 477 g/mol. The van der Waals surface area contributed by atoms with Gasteiger partial charge in [0.05, 0.1) is 29.3 Å². The monoisotopic (exact) mass is 476 g/mol. The smallest absolute Gasteiger partial charge is 0.255 e. The standard InChI is InChI=1S/C23H21ClN8O2/c1-3-16(23(34)32-10-12(7-25)11-32)29-22(33)15-8-26-21-20(15)28-17(9-27-21)19-14-5-4-13(24)6-18(14)31(2)30-19/h4-6,8-9,12,16H,3,10-11H2,1-2H3,(H,26,27)(H,29,33)/t16-/m1/s1. The lowest BCUT2D eigenvalue weighted by atomic mass is 10.00. The Bertz CT molecular complexity index is 1480. The van der Waals surface area contributed by atoms with Crippen molar-refractivity contribution in [1.29, 1.82) is 5.26 Å². The van der Waals surface area contributed by atoms with Crippen molar-refractivity contribution in [1.82, 2.24) is 34.9 Å². The lowest BCUT2D eigenvalue weighted by Gasteiger charge is -2.37. The van der Waals surface area contributed by atoms with E-state index in [1.165, 1.54) is 6.20 Å². The highest BCUT2D eigenvalue weighted by Crippen LogP contribution is 2.29. The first-order valence-electron chi connectivity index (χ1n) is 10.9. The number of amides is 2. The normalized spacial score (nSPS) is 14.7. The first-order chi connectivity index (χ1) is 16.4. The summed E-state index contributed by atoms with van der Waals surface area (Å²) >= 11 is 6.13. The number of benzene rings is 1. The fourth-order valence-electron chi connectivity index (χ4n) is 4.13. The number of nitrogens with zero attached hydrogens (tertiary/aromatic N) is 6. The molecular weight excluding hydrogens is 456 g/mol. The number of carbonyl (C=O) groups excluding carboxylic acids is 2. The Morgan fingerprint density at radius 3 is 2.91 bits per heavy atom. The van der Waals surface area contributed by atoms with Crippen molar-refractivity contribution in [2.75, 3.05) is 13.1 Å². The van der Waals surface area contributed by atoms with Crippen molar-refractivity contribution in [2.45, 2.75) is 19.4 Å². The summed E-state index contributed by atoms with van der Waals surface area (Å²) in [6, 6.07) is 6.95. The van der Waals surface area contributed by atoms with Crippen molar-refractivity contribution < 1.29 is 9.59 Å². The molecule has 1 fully saturated rings. The minimum Gasteiger partial charge on any atom is -0.344 e. The van der Waals surface area contributed by atoms with Gasteiger partial charge in [0.15, 0.2) is 5.65 Å². The highest BCUT2D eigenvalue weighted by molar-refractivity contribution is 6.31. The first-order valence-corrected chi connectivity index (χ1v) is 11.2. The van der Waals surface area contributed by atoms with E-state index in [1.807, 2.05) is 26.1 Å². The van der Waals surface area contributed by atoms with Gasteiger partial charge < -0.3 is 15.2 Å². The number of hydrogen-bond acceptors (Lipinski definition) is 6. The van der Waals surface area contributed by atoms with Crippen LogP contribution in [0.25, 0.3) is 33.5 Å². The summed E-state index contributed by atoms with van der Waals surface area (Å²) in [6.07, 6.45) is 3.57. The van der Waals surface area contributed by atoms with E-state index in [1.54, 1.807) is 21.8 Å². The van der Waals surface area contributed by atoms with Crippen LogP contribution in [0.1, 0.15) is 23.7 Å². The van der Waals surface area contributed by atoms with Gasteiger partial charge in [0.25, 0.3) is 5.91 Å². The number of halogens is 1. The summed E-state index contributed by atoms with van der Waals surface area (Å²) < 4.78 is 1.72. The van der Waals surface area contributed by atoms with Crippen molar-refractivity contribution in [3.63, 3.8) is 0 Å². The third kappa shape index (κ3) is 3.64. The topological polar surface area (TPSA) is 133 Å². The van der Waals surface area contributed by atoms with E-state index in [2.05, 4.69) is 31.4 Å². The molecule has 0 radical (unpaired) electrons. The van der Waals surface area contributed by atoms with Crippen LogP contribution in [0.4, 0.5) is 0 Å². The summed E-state index contributed by atoms with van der Waals surface area (Å²) in [5.41, 5.74) is 3.13. The maximum absolute atomic E-state index is 13.1. The van der Waals surface area contributed by atoms with Crippen LogP contribution in [0.15, 0.2) is 30.6 Å². The van der Waals surface area contributed by atoms with Crippen molar-refractivity contribution in [3.8, 4) is 17.5 Å². The minimum absolute atomic E-state index is 0.141. The molecule has 0 saturated carbocycles. The Morgan fingerprint density at radius 1 is 1.38 bits per heavy atom. The quantitative estimate of drug-likeness (QED) is 0.455. The highest BCUT2D eigenvalue weighted by Gasteiger charge is 2.34. The van der Waals surface area contributed by atoms with Crippen LogP contribution < -0.4 is 5.32 Å². The molecule has 1 aromatic carbocycles. The average Bonchev–Trinajstić information content (AvgIpc) is 3.37. The first kappa shape index (κ1) is 21.9. The highest BCUT2D eigenvalue weighted by atomic mass is 35.5. The molecule has 1 saturated heterocycles. The molecule has 172 valence electrons. The molecule has 4 aromatic rings. The van der Waals surface area contributed by atoms with E-state index in [4.69, 9.17) is 16.9 Å². The van der Waals surface area contributed by atoms with Crippen LogP contribution in [0, 0.1) is 17.2 Å². The lowest BCUT2D eigenvalue weighted by molar-refractivity contribution is -0.138. The van der Waals surface area contributed by atoms with Crippen molar-refractivity contribution in [3.05, 3.63) is 41.2 Å². The summed E-state index contributed by atoms with van der Waals surface area (Å²) in [6.45, 7) is 2.62. The zero-order valence-corrected chi connectivity index (χ0v) is 19.3. The molecule has 10 nitrogen and oxygen atoms in total. The van der Waals surface area contributed by atoms with Gasteiger partial charge >= 0.3 is 0 Å². The SMILES string of the molecule is CC[C@@H](NC(=O)c1c[nH]c2ncc(-c3nn(C)c4cc(Cl)ccc34)nc12)C(=O)N1CC(C#N)C1. The molecule has 2 amide bonds. The molecule has 34 heavy (non-hydrogen) atoms. The molecule has 1 aliphatic rings. The maximum Gasteiger partial charge on any atom is 0.255 e. The Labute approximate surface area is 199 Å². The maximum atomic E-state index is 13.1. The molecule has 2 N–H and O–H groups in total. The zero-order valence-electron chi connectivity index (χ0n) is 18.5. The second-order valence-corrected chi connectivity index (χ2v) is 8.73. The summed E-state index contributed by atoms with van der Waals surface area (Å²) in [5.74, 6) is -0.751. The van der Waals surface area contributed by atoms with Crippen LogP contribution in [-0.4, -0.2) is 60.6 Å². The van der Waals surface area contributed by atoms with Crippen molar-refractivity contribution >= 4 is 45.5 Å². The Balaban J connectivity index is 1.44. The van der Waals surface area contributed by atoms with Gasteiger partial charge in [-0.1, -0.05) is 18.5 Å². The molecule has 4 heterocycles.